The topological polar surface area (TPSA) is 36.4 Å². The van der Waals surface area contributed by atoms with Crippen LogP contribution in [0.15, 0.2) is 4.99 Å². The minimum absolute atomic E-state index is 0.241. The molecule has 20 heavy (non-hydrogen) atoms. The molecule has 0 amide bonds. The molecule has 118 valence electrons. The van der Waals surface area contributed by atoms with Gasteiger partial charge in [-0.2, -0.15) is 23.5 Å². The number of rotatable bonds is 6. The largest absolute Gasteiger partial charge is 0.355 e. The Bertz CT molecular complexity index is 303. The lowest BCUT2D eigenvalue weighted by molar-refractivity contribution is 0.418. The van der Waals surface area contributed by atoms with Gasteiger partial charge in [-0.1, -0.05) is 13.3 Å². The van der Waals surface area contributed by atoms with Crippen LogP contribution in [-0.2, 0) is 0 Å². The molecule has 3 nitrogen and oxygen atoms in total. The fourth-order valence-corrected chi connectivity index (χ4v) is 3.81. The van der Waals surface area contributed by atoms with Crippen molar-refractivity contribution in [2.75, 3.05) is 25.6 Å². The lowest BCUT2D eigenvalue weighted by Crippen LogP contribution is -2.48. The highest BCUT2D eigenvalue weighted by atomic mass is 32.2. The Morgan fingerprint density at radius 2 is 2.10 bits per heavy atom. The van der Waals surface area contributed by atoms with Crippen LogP contribution in [0.4, 0.5) is 0 Å². The third-order valence-corrected chi connectivity index (χ3v) is 6.31. The van der Waals surface area contributed by atoms with Crippen LogP contribution in [0.2, 0.25) is 0 Å². The Morgan fingerprint density at radius 1 is 1.35 bits per heavy atom. The molecular weight excluding hydrogens is 286 g/mol. The first-order valence-corrected chi connectivity index (χ1v) is 9.92. The van der Waals surface area contributed by atoms with Gasteiger partial charge in [0.15, 0.2) is 5.96 Å². The first kappa shape index (κ1) is 18.0. The van der Waals surface area contributed by atoms with Gasteiger partial charge < -0.3 is 10.6 Å². The minimum atomic E-state index is 0.241. The van der Waals surface area contributed by atoms with Gasteiger partial charge in [-0.15, -0.1) is 0 Å². The molecule has 0 aromatic heterocycles. The normalized spacial score (nSPS) is 24.6. The van der Waals surface area contributed by atoms with E-state index in [0.29, 0.717) is 6.04 Å². The number of nitrogens with zero attached hydrogens (tertiary/aromatic N) is 1. The number of hydrogen-bond acceptors (Lipinski definition) is 3. The second kappa shape index (κ2) is 9.08. The number of aliphatic imine (C=N–C) groups is 1. The predicted molar refractivity (Wildman–Crippen MR) is 96.3 cm³/mol. The molecule has 0 saturated heterocycles. The molecule has 1 aliphatic carbocycles. The van der Waals surface area contributed by atoms with Crippen molar-refractivity contribution in [3.8, 4) is 0 Å². The fraction of sp³-hybridized carbons (Fsp3) is 0.933. The first-order chi connectivity index (χ1) is 9.50. The standard InChI is InChI=1S/C15H31N3S2/c1-6-20-13-9-7-8-12(10-13)18-14(16-4)17-11-15(2,3)19-5/h12-13H,6-11H2,1-5H3,(H2,16,17,18). The maximum Gasteiger partial charge on any atom is 0.191 e. The SMILES string of the molecule is CCSC1CCCC(NC(=NC)NCC(C)(C)SC)C1. The molecule has 0 spiro atoms. The summed E-state index contributed by atoms with van der Waals surface area (Å²) in [5.74, 6) is 2.19. The van der Waals surface area contributed by atoms with Crippen LogP contribution in [0.5, 0.6) is 0 Å². The molecule has 0 aromatic rings. The highest BCUT2D eigenvalue weighted by Gasteiger charge is 2.23. The molecule has 0 aliphatic heterocycles. The minimum Gasteiger partial charge on any atom is -0.355 e. The zero-order valence-electron chi connectivity index (χ0n) is 13.7. The third kappa shape index (κ3) is 6.61. The van der Waals surface area contributed by atoms with Crippen molar-refractivity contribution in [3.05, 3.63) is 0 Å². The summed E-state index contributed by atoms with van der Waals surface area (Å²) in [6, 6.07) is 0.580. The Kier molecular flexibility index (Phi) is 8.18. The van der Waals surface area contributed by atoms with Gasteiger partial charge in [0.25, 0.3) is 0 Å². The van der Waals surface area contributed by atoms with Crippen LogP contribution < -0.4 is 10.6 Å². The molecule has 5 heteroatoms. The molecule has 1 rings (SSSR count). The van der Waals surface area contributed by atoms with E-state index in [2.05, 4.69) is 54.4 Å². The van der Waals surface area contributed by atoms with E-state index in [4.69, 9.17) is 0 Å². The van der Waals surface area contributed by atoms with Gasteiger partial charge in [-0.3, -0.25) is 4.99 Å². The van der Waals surface area contributed by atoms with Crippen molar-refractivity contribution in [2.45, 2.75) is 62.5 Å². The van der Waals surface area contributed by atoms with Gasteiger partial charge in [0.2, 0.25) is 0 Å². The molecule has 0 radical (unpaired) electrons. The van der Waals surface area contributed by atoms with Gasteiger partial charge >= 0.3 is 0 Å². The third-order valence-electron chi connectivity index (χ3n) is 3.83. The number of thioether (sulfide) groups is 2. The molecule has 2 atom stereocenters. The van der Waals surface area contributed by atoms with Crippen LogP contribution in [0, 0.1) is 0 Å². The van der Waals surface area contributed by atoms with E-state index < -0.39 is 0 Å². The predicted octanol–water partition coefficient (Wildman–Crippen LogP) is 3.36. The summed E-state index contributed by atoms with van der Waals surface area (Å²) < 4.78 is 0.241. The summed E-state index contributed by atoms with van der Waals surface area (Å²) >= 11 is 3.99. The molecule has 0 heterocycles. The van der Waals surface area contributed by atoms with Gasteiger partial charge in [0.05, 0.1) is 0 Å². The Labute approximate surface area is 133 Å². The number of nitrogens with one attached hydrogen (secondary N) is 2. The van der Waals surface area contributed by atoms with Crippen molar-refractivity contribution >= 4 is 29.5 Å². The second-order valence-electron chi connectivity index (χ2n) is 5.97. The van der Waals surface area contributed by atoms with Crippen LogP contribution in [-0.4, -0.2) is 47.6 Å². The summed E-state index contributed by atoms with van der Waals surface area (Å²) in [4.78, 5) is 4.37. The molecule has 2 N–H and O–H groups in total. The van der Waals surface area contributed by atoms with E-state index in [1.54, 1.807) is 0 Å². The quantitative estimate of drug-likeness (QED) is 0.582. The van der Waals surface area contributed by atoms with Crippen LogP contribution in [0.3, 0.4) is 0 Å². The Morgan fingerprint density at radius 3 is 2.70 bits per heavy atom. The average Bonchev–Trinajstić information content (AvgIpc) is 2.44. The van der Waals surface area contributed by atoms with Crippen LogP contribution in [0.25, 0.3) is 0 Å². The number of guanidine groups is 1. The molecular formula is C15H31N3S2. The zero-order chi connectivity index (χ0) is 15.0. The first-order valence-electron chi connectivity index (χ1n) is 7.64. The summed E-state index contributed by atoms with van der Waals surface area (Å²) in [6.07, 6.45) is 7.41. The summed E-state index contributed by atoms with van der Waals surface area (Å²) in [7, 11) is 1.86. The maximum absolute atomic E-state index is 4.37. The van der Waals surface area contributed by atoms with E-state index in [0.717, 1.165) is 17.8 Å². The van der Waals surface area contributed by atoms with E-state index >= 15 is 0 Å². The summed E-state index contributed by atoms with van der Waals surface area (Å²) in [5, 5.41) is 7.90. The van der Waals surface area contributed by atoms with E-state index in [1.807, 2.05) is 18.8 Å². The fourth-order valence-electron chi connectivity index (χ4n) is 2.42. The molecule has 0 bridgehead atoms. The van der Waals surface area contributed by atoms with Crippen LogP contribution >= 0.6 is 23.5 Å². The highest BCUT2D eigenvalue weighted by molar-refractivity contribution is 8.00. The lowest BCUT2D eigenvalue weighted by Gasteiger charge is -2.31. The number of hydrogen-bond donors (Lipinski definition) is 2. The van der Waals surface area contributed by atoms with Crippen molar-refractivity contribution < 1.29 is 0 Å². The Hall–Kier alpha value is -0.0300. The summed E-state index contributed by atoms with van der Waals surface area (Å²) in [5.41, 5.74) is 0. The molecule has 0 aromatic carbocycles. The highest BCUT2D eigenvalue weighted by Crippen LogP contribution is 2.28. The monoisotopic (exact) mass is 317 g/mol. The molecule has 1 saturated carbocycles. The van der Waals surface area contributed by atoms with Crippen molar-refractivity contribution in [2.24, 2.45) is 4.99 Å². The average molecular weight is 318 g/mol. The summed E-state index contributed by atoms with van der Waals surface area (Å²) in [6.45, 7) is 7.71. The molecule has 1 fully saturated rings. The van der Waals surface area contributed by atoms with Crippen LogP contribution in [0.1, 0.15) is 46.5 Å². The lowest BCUT2D eigenvalue weighted by atomic mass is 9.95. The van der Waals surface area contributed by atoms with Gasteiger partial charge in [0, 0.05) is 29.6 Å². The van der Waals surface area contributed by atoms with Gasteiger partial charge in [-0.05, 0) is 45.1 Å². The van der Waals surface area contributed by atoms with E-state index in [1.165, 1.54) is 31.4 Å². The van der Waals surface area contributed by atoms with Crippen molar-refractivity contribution in [1.82, 2.24) is 10.6 Å². The van der Waals surface area contributed by atoms with Crippen molar-refractivity contribution in [3.63, 3.8) is 0 Å². The maximum atomic E-state index is 4.37. The van der Waals surface area contributed by atoms with Crippen molar-refractivity contribution in [1.29, 1.82) is 0 Å². The zero-order valence-corrected chi connectivity index (χ0v) is 15.3. The van der Waals surface area contributed by atoms with Gasteiger partial charge in [-0.25, -0.2) is 0 Å². The molecule has 1 aliphatic rings. The Balaban J connectivity index is 2.40. The van der Waals surface area contributed by atoms with Gasteiger partial charge in [0.1, 0.15) is 0 Å². The van der Waals surface area contributed by atoms with E-state index in [9.17, 15) is 0 Å². The second-order valence-corrected chi connectivity index (χ2v) is 9.07. The molecule has 2 unspecified atom stereocenters. The van der Waals surface area contributed by atoms with E-state index in [-0.39, 0.29) is 4.75 Å². The smallest absolute Gasteiger partial charge is 0.191 e.